The molecular weight excluding hydrogens is 240 g/mol. The van der Waals surface area contributed by atoms with Gasteiger partial charge < -0.3 is 4.90 Å². The van der Waals surface area contributed by atoms with Crippen molar-refractivity contribution in [1.29, 1.82) is 0 Å². The van der Waals surface area contributed by atoms with Gasteiger partial charge in [0.15, 0.2) is 10.3 Å². The molecule has 0 aliphatic heterocycles. The quantitative estimate of drug-likeness (QED) is 0.802. The molecule has 4 nitrogen and oxygen atoms in total. The number of benzene rings is 1. The largest absolute Gasteiger partial charge is 0.313 e. The van der Waals surface area contributed by atoms with E-state index in [1.165, 1.54) is 0 Å². The van der Waals surface area contributed by atoms with Crippen molar-refractivity contribution in [1.82, 2.24) is 15.0 Å². The van der Waals surface area contributed by atoms with Gasteiger partial charge in [-0.1, -0.05) is 18.2 Å². The molecule has 0 N–H and O–H groups in total. The number of para-hydroxylation sites is 1. The van der Waals surface area contributed by atoms with Crippen LogP contribution in [0.4, 0.5) is 11.6 Å². The Labute approximate surface area is 105 Å². The Hall–Kier alpha value is -1.27. The standard InChI is InChI=1S/C10H10N4S2/c1-14(7-5-3-2-4-6-7)8-11-9(15)13-10(16)12-8/h2-6H,1H3,(H2,11,12,13,15,16). The predicted octanol–water partition coefficient (Wildman–Crippen LogP) is 2.22. The maximum Gasteiger partial charge on any atom is 0.234 e. The lowest BCUT2D eigenvalue weighted by Gasteiger charge is -2.16. The summed E-state index contributed by atoms with van der Waals surface area (Å²) in [6, 6.07) is 9.81. The molecule has 0 radical (unpaired) electrons. The molecule has 0 bridgehead atoms. The summed E-state index contributed by atoms with van der Waals surface area (Å²) in [7, 11) is 1.88. The van der Waals surface area contributed by atoms with Gasteiger partial charge in [-0.05, 0) is 12.1 Å². The van der Waals surface area contributed by atoms with Gasteiger partial charge in [-0.25, -0.2) is 0 Å². The summed E-state index contributed by atoms with van der Waals surface area (Å²) in [4.78, 5) is 14.0. The van der Waals surface area contributed by atoms with Crippen LogP contribution in [-0.4, -0.2) is 22.0 Å². The molecule has 1 heterocycles. The van der Waals surface area contributed by atoms with Crippen molar-refractivity contribution < 1.29 is 0 Å². The molecule has 1 aromatic heterocycles. The molecule has 0 saturated heterocycles. The first-order chi connectivity index (χ1) is 7.66. The first-order valence-electron chi connectivity index (χ1n) is 4.59. The third-order valence-electron chi connectivity index (χ3n) is 2.04. The molecule has 0 saturated carbocycles. The summed E-state index contributed by atoms with van der Waals surface area (Å²) >= 11 is 8.19. The van der Waals surface area contributed by atoms with Crippen LogP contribution in [-0.2, 0) is 0 Å². The Morgan fingerprint density at radius 1 is 0.938 bits per heavy atom. The van der Waals surface area contributed by atoms with Crippen molar-refractivity contribution in [2.45, 2.75) is 10.3 Å². The van der Waals surface area contributed by atoms with E-state index < -0.39 is 0 Å². The molecule has 82 valence electrons. The molecule has 0 fully saturated rings. The van der Waals surface area contributed by atoms with Gasteiger partial charge in [0.2, 0.25) is 5.95 Å². The van der Waals surface area contributed by atoms with Crippen LogP contribution in [0.5, 0.6) is 0 Å². The van der Waals surface area contributed by atoms with Gasteiger partial charge in [0.25, 0.3) is 0 Å². The average Bonchev–Trinajstić information content (AvgIpc) is 2.28. The monoisotopic (exact) mass is 250 g/mol. The molecule has 2 aromatic rings. The molecule has 0 aliphatic carbocycles. The Morgan fingerprint density at radius 2 is 1.50 bits per heavy atom. The first kappa shape index (κ1) is 11.2. The highest BCUT2D eigenvalue weighted by molar-refractivity contribution is 7.80. The Kier molecular flexibility index (Phi) is 3.31. The van der Waals surface area contributed by atoms with Gasteiger partial charge in [0.1, 0.15) is 0 Å². The lowest BCUT2D eigenvalue weighted by Crippen LogP contribution is -2.13. The van der Waals surface area contributed by atoms with Gasteiger partial charge in [-0.3, -0.25) is 0 Å². The van der Waals surface area contributed by atoms with Crippen LogP contribution in [0.1, 0.15) is 0 Å². The zero-order valence-corrected chi connectivity index (χ0v) is 10.4. The van der Waals surface area contributed by atoms with Crippen LogP contribution in [0.3, 0.4) is 0 Å². The minimum atomic E-state index is 0.359. The van der Waals surface area contributed by atoms with Crippen molar-refractivity contribution in [2.75, 3.05) is 11.9 Å². The highest BCUT2D eigenvalue weighted by Gasteiger charge is 2.08. The summed E-state index contributed by atoms with van der Waals surface area (Å²) in [5.74, 6) is 0.524. The van der Waals surface area contributed by atoms with Gasteiger partial charge in [0.05, 0.1) is 0 Å². The van der Waals surface area contributed by atoms with E-state index >= 15 is 0 Å². The fourth-order valence-electron chi connectivity index (χ4n) is 1.26. The summed E-state index contributed by atoms with van der Waals surface area (Å²) in [5.41, 5.74) is 0.995. The highest BCUT2D eigenvalue weighted by Crippen LogP contribution is 2.20. The summed E-state index contributed by atoms with van der Waals surface area (Å²) in [5, 5.41) is 0.718. The second-order valence-electron chi connectivity index (χ2n) is 3.13. The van der Waals surface area contributed by atoms with Crippen LogP contribution in [0, 0.1) is 0 Å². The van der Waals surface area contributed by atoms with Crippen molar-refractivity contribution in [3.8, 4) is 0 Å². The van der Waals surface area contributed by atoms with E-state index in [1.54, 1.807) is 0 Å². The van der Waals surface area contributed by atoms with E-state index in [4.69, 9.17) is 0 Å². The third-order valence-corrected chi connectivity index (χ3v) is 2.44. The molecule has 0 aliphatic rings. The van der Waals surface area contributed by atoms with Gasteiger partial charge in [-0.15, -0.1) is 25.3 Å². The topological polar surface area (TPSA) is 41.9 Å². The first-order valence-corrected chi connectivity index (χ1v) is 5.49. The smallest absolute Gasteiger partial charge is 0.234 e. The zero-order chi connectivity index (χ0) is 11.5. The Morgan fingerprint density at radius 3 is 2.06 bits per heavy atom. The summed E-state index contributed by atoms with van der Waals surface area (Å²) in [6.45, 7) is 0. The van der Waals surface area contributed by atoms with E-state index in [0.717, 1.165) is 5.69 Å². The van der Waals surface area contributed by atoms with E-state index in [0.29, 0.717) is 16.3 Å². The number of aromatic nitrogens is 3. The number of hydrogen-bond donors (Lipinski definition) is 2. The minimum Gasteiger partial charge on any atom is -0.313 e. The summed E-state index contributed by atoms with van der Waals surface area (Å²) < 4.78 is 0. The third kappa shape index (κ3) is 2.45. The van der Waals surface area contributed by atoms with Crippen LogP contribution in [0.25, 0.3) is 0 Å². The number of hydrogen-bond acceptors (Lipinski definition) is 6. The number of thiol groups is 2. The molecule has 16 heavy (non-hydrogen) atoms. The van der Waals surface area contributed by atoms with Gasteiger partial charge in [-0.2, -0.15) is 15.0 Å². The number of nitrogens with zero attached hydrogens (tertiary/aromatic N) is 4. The van der Waals surface area contributed by atoms with Crippen molar-refractivity contribution in [3.05, 3.63) is 30.3 Å². The maximum atomic E-state index is 4.13. The normalized spacial score (nSPS) is 10.2. The molecular formula is C10H10N4S2. The SMILES string of the molecule is CN(c1ccccc1)c1nc(S)nc(S)n1. The molecule has 0 atom stereocenters. The van der Waals surface area contributed by atoms with E-state index in [-0.39, 0.29) is 0 Å². The lowest BCUT2D eigenvalue weighted by atomic mass is 10.3. The fourth-order valence-corrected chi connectivity index (χ4v) is 1.71. The second kappa shape index (κ2) is 4.71. The molecule has 0 spiro atoms. The minimum absolute atomic E-state index is 0.359. The zero-order valence-electron chi connectivity index (χ0n) is 8.57. The fraction of sp³-hybridized carbons (Fsp3) is 0.100. The van der Waals surface area contributed by atoms with Crippen LogP contribution in [0.2, 0.25) is 0 Å². The van der Waals surface area contributed by atoms with Gasteiger partial charge >= 0.3 is 0 Å². The van der Waals surface area contributed by atoms with Crippen molar-refractivity contribution in [2.24, 2.45) is 0 Å². The lowest BCUT2D eigenvalue weighted by molar-refractivity contribution is 0.796. The van der Waals surface area contributed by atoms with E-state index in [2.05, 4.69) is 40.2 Å². The summed E-state index contributed by atoms with van der Waals surface area (Å²) in [6.07, 6.45) is 0. The van der Waals surface area contributed by atoms with Crippen molar-refractivity contribution >= 4 is 36.9 Å². The average molecular weight is 250 g/mol. The maximum absolute atomic E-state index is 4.13. The van der Waals surface area contributed by atoms with E-state index in [1.807, 2.05) is 42.3 Å². The number of anilines is 2. The molecule has 1 aromatic carbocycles. The highest BCUT2D eigenvalue weighted by atomic mass is 32.1. The molecule has 2 rings (SSSR count). The van der Waals surface area contributed by atoms with Crippen LogP contribution < -0.4 is 4.90 Å². The molecule has 0 amide bonds. The predicted molar refractivity (Wildman–Crippen MR) is 68.8 cm³/mol. The molecule has 0 unspecified atom stereocenters. The Balaban J connectivity index is 2.37. The number of rotatable bonds is 2. The van der Waals surface area contributed by atoms with Crippen LogP contribution >= 0.6 is 25.3 Å². The van der Waals surface area contributed by atoms with Gasteiger partial charge in [0, 0.05) is 12.7 Å². The second-order valence-corrected chi connectivity index (χ2v) is 3.93. The molecule has 6 heteroatoms. The van der Waals surface area contributed by atoms with Crippen LogP contribution in [0.15, 0.2) is 40.6 Å². The van der Waals surface area contributed by atoms with E-state index in [9.17, 15) is 0 Å². The Bertz CT molecular complexity index is 469. The van der Waals surface area contributed by atoms with Crippen molar-refractivity contribution in [3.63, 3.8) is 0 Å².